The van der Waals surface area contributed by atoms with Crippen molar-refractivity contribution in [3.05, 3.63) is 35.8 Å². The molecule has 0 bridgehead atoms. The van der Waals surface area contributed by atoms with Gasteiger partial charge in [-0.15, -0.1) is 0 Å². The van der Waals surface area contributed by atoms with Crippen LogP contribution in [0.4, 0.5) is 0 Å². The van der Waals surface area contributed by atoms with Crippen LogP contribution in [0.3, 0.4) is 0 Å². The summed E-state index contributed by atoms with van der Waals surface area (Å²) < 4.78 is 5.22. The number of fused-ring (bicyclic) bond motifs is 1. The molecule has 0 N–H and O–H groups in total. The summed E-state index contributed by atoms with van der Waals surface area (Å²) in [6.07, 6.45) is 10.9. The molecule has 1 aromatic rings. The molecule has 0 aromatic carbocycles. The lowest BCUT2D eigenvalue weighted by Crippen LogP contribution is -2.53. The van der Waals surface area contributed by atoms with Crippen LogP contribution >= 0.6 is 0 Å². The maximum atomic E-state index is 12.3. The summed E-state index contributed by atoms with van der Waals surface area (Å²) in [7, 11) is 0. The number of carbonyl (C=O) groups excluding carboxylic acids is 1. The van der Waals surface area contributed by atoms with E-state index in [1.165, 1.54) is 24.0 Å². The summed E-state index contributed by atoms with van der Waals surface area (Å²) >= 11 is 0. The summed E-state index contributed by atoms with van der Waals surface area (Å²) in [5, 5.41) is 0. The molecule has 1 aromatic heterocycles. The minimum atomic E-state index is 0.0876. The van der Waals surface area contributed by atoms with Crippen molar-refractivity contribution in [2.45, 2.75) is 59.8 Å². The predicted molar refractivity (Wildman–Crippen MR) is 88.5 cm³/mol. The highest BCUT2D eigenvalue weighted by Crippen LogP contribution is 2.63. The Morgan fingerprint density at radius 2 is 2.09 bits per heavy atom. The zero-order chi connectivity index (χ0) is 16.0. The van der Waals surface area contributed by atoms with Gasteiger partial charge in [0.05, 0.1) is 12.5 Å². The van der Waals surface area contributed by atoms with E-state index in [4.69, 9.17) is 4.42 Å². The number of allylic oxidation sites excluding steroid dienone is 2. The standard InChI is InChI=1S/C20H28O2/c1-14-11-17(21)12-20(4)18(14)6-5-15(2)19(20,3)9-7-16-8-10-22-13-16/h8,10-11,13,15,18H,5-7,9,12H2,1-4H3/t15-,18+,19+,20+/m1/s1. The molecule has 0 spiro atoms. The Morgan fingerprint density at radius 1 is 1.32 bits per heavy atom. The van der Waals surface area contributed by atoms with Gasteiger partial charge in [-0.05, 0) is 73.0 Å². The van der Waals surface area contributed by atoms with Crippen LogP contribution in [0, 0.1) is 22.7 Å². The van der Waals surface area contributed by atoms with Crippen molar-refractivity contribution >= 4 is 5.78 Å². The first kappa shape index (κ1) is 15.6. The summed E-state index contributed by atoms with van der Waals surface area (Å²) in [5.74, 6) is 1.54. The fourth-order valence-corrected chi connectivity index (χ4v) is 5.21. The van der Waals surface area contributed by atoms with Gasteiger partial charge in [0.15, 0.2) is 5.78 Å². The third-order valence-corrected chi connectivity index (χ3v) is 7.04. The van der Waals surface area contributed by atoms with Crippen LogP contribution in [0.2, 0.25) is 0 Å². The van der Waals surface area contributed by atoms with Crippen LogP contribution in [0.1, 0.15) is 58.9 Å². The average Bonchev–Trinajstić information content (AvgIpc) is 2.95. The quantitative estimate of drug-likeness (QED) is 0.769. The molecule has 2 aliphatic rings. The number of carbonyl (C=O) groups is 1. The molecule has 4 atom stereocenters. The summed E-state index contributed by atoms with van der Waals surface area (Å²) in [4.78, 5) is 12.3. The van der Waals surface area contributed by atoms with Crippen molar-refractivity contribution in [2.75, 3.05) is 0 Å². The monoisotopic (exact) mass is 300 g/mol. The number of ketones is 1. The van der Waals surface area contributed by atoms with E-state index in [2.05, 4.69) is 33.8 Å². The van der Waals surface area contributed by atoms with Gasteiger partial charge in [-0.2, -0.15) is 0 Å². The Bertz CT molecular complexity index is 583. The molecule has 2 aliphatic carbocycles. The second kappa shape index (κ2) is 5.40. The highest BCUT2D eigenvalue weighted by molar-refractivity contribution is 5.92. The molecule has 1 heterocycles. The summed E-state index contributed by atoms with van der Waals surface area (Å²) in [6, 6.07) is 2.06. The van der Waals surface area contributed by atoms with Crippen molar-refractivity contribution in [1.29, 1.82) is 0 Å². The highest BCUT2D eigenvalue weighted by Gasteiger charge is 2.56. The van der Waals surface area contributed by atoms with Gasteiger partial charge in [-0.1, -0.05) is 26.3 Å². The SMILES string of the molecule is CC1=CC(=O)C[C@@]2(C)[C@H]1CC[C@@H](C)[C@]2(C)CCc1ccoc1. The topological polar surface area (TPSA) is 30.2 Å². The van der Waals surface area contributed by atoms with Gasteiger partial charge in [0, 0.05) is 6.42 Å². The van der Waals surface area contributed by atoms with Gasteiger partial charge in [0.1, 0.15) is 0 Å². The number of furan rings is 1. The largest absolute Gasteiger partial charge is 0.472 e. The van der Waals surface area contributed by atoms with Crippen molar-refractivity contribution in [3.63, 3.8) is 0 Å². The number of aryl methyl sites for hydroxylation is 1. The Labute approximate surface area is 134 Å². The minimum Gasteiger partial charge on any atom is -0.472 e. The fourth-order valence-electron chi connectivity index (χ4n) is 5.21. The fraction of sp³-hybridized carbons (Fsp3) is 0.650. The van der Waals surface area contributed by atoms with E-state index in [-0.39, 0.29) is 10.8 Å². The molecule has 0 saturated heterocycles. The molecule has 120 valence electrons. The average molecular weight is 300 g/mol. The molecular formula is C20H28O2. The summed E-state index contributed by atoms with van der Waals surface area (Å²) in [6.45, 7) is 9.34. The Kier molecular flexibility index (Phi) is 3.82. The molecule has 3 rings (SSSR count). The van der Waals surface area contributed by atoms with Crippen LogP contribution in [0.5, 0.6) is 0 Å². The van der Waals surface area contributed by atoms with E-state index in [0.29, 0.717) is 24.0 Å². The van der Waals surface area contributed by atoms with E-state index >= 15 is 0 Å². The molecule has 2 nitrogen and oxygen atoms in total. The van der Waals surface area contributed by atoms with E-state index in [0.717, 1.165) is 12.8 Å². The van der Waals surface area contributed by atoms with Crippen molar-refractivity contribution in [3.8, 4) is 0 Å². The van der Waals surface area contributed by atoms with Crippen molar-refractivity contribution in [2.24, 2.45) is 22.7 Å². The van der Waals surface area contributed by atoms with Crippen LogP contribution in [-0.4, -0.2) is 5.78 Å². The minimum absolute atomic E-state index is 0.0876. The number of rotatable bonds is 3. The Morgan fingerprint density at radius 3 is 2.77 bits per heavy atom. The predicted octanol–water partition coefficient (Wildman–Crippen LogP) is 5.19. The lowest BCUT2D eigenvalue weighted by Gasteiger charge is -2.59. The first-order chi connectivity index (χ1) is 10.4. The smallest absolute Gasteiger partial charge is 0.156 e. The third-order valence-electron chi connectivity index (χ3n) is 7.04. The number of hydrogen-bond donors (Lipinski definition) is 0. The van der Waals surface area contributed by atoms with Gasteiger partial charge < -0.3 is 4.42 Å². The molecule has 0 radical (unpaired) electrons. The van der Waals surface area contributed by atoms with E-state index in [9.17, 15) is 4.79 Å². The molecule has 0 unspecified atom stereocenters. The first-order valence-electron chi connectivity index (χ1n) is 8.59. The van der Waals surface area contributed by atoms with Crippen LogP contribution in [0.25, 0.3) is 0 Å². The normalized spacial score (nSPS) is 38.5. The van der Waals surface area contributed by atoms with Gasteiger partial charge in [-0.25, -0.2) is 0 Å². The Balaban J connectivity index is 1.92. The highest BCUT2D eigenvalue weighted by atomic mass is 16.3. The second-order valence-electron chi connectivity index (χ2n) is 8.03. The van der Waals surface area contributed by atoms with Gasteiger partial charge in [-0.3, -0.25) is 4.79 Å². The van der Waals surface area contributed by atoms with Crippen molar-refractivity contribution in [1.82, 2.24) is 0 Å². The molecule has 0 amide bonds. The van der Waals surface area contributed by atoms with Crippen LogP contribution in [-0.2, 0) is 11.2 Å². The van der Waals surface area contributed by atoms with E-state index in [1.54, 1.807) is 6.26 Å². The molecule has 1 saturated carbocycles. The maximum Gasteiger partial charge on any atom is 0.156 e. The van der Waals surface area contributed by atoms with Gasteiger partial charge in [0.25, 0.3) is 0 Å². The lowest BCUT2D eigenvalue weighted by molar-refractivity contribution is -0.130. The molecule has 1 fully saturated rings. The first-order valence-corrected chi connectivity index (χ1v) is 8.59. The lowest BCUT2D eigenvalue weighted by atomic mass is 9.44. The van der Waals surface area contributed by atoms with Gasteiger partial charge in [0.2, 0.25) is 0 Å². The molecular weight excluding hydrogens is 272 g/mol. The van der Waals surface area contributed by atoms with Gasteiger partial charge >= 0.3 is 0 Å². The molecule has 2 heteroatoms. The van der Waals surface area contributed by atoms with Crippen molar-refractivity contribution < 1.29 is 9.21 Å². The molecule has 0 aliphatic heterocycles. The molecule has 22 heavy (non-hydrogen) atoms. The zero-order valence-electron chi connectivity index (χ0n) is 14.3. The van der Waals surface area contributed by atoms with E-state index < -0.39 is 0 Å². The number of hydrogen-bond acceptors (Lipinski definition) is 2. The van der Waals surface area contributed by atoms with Crippen LogP contribution in [0.15, 0.2) is 34.7 Å². The zero-order valence-corrected chi connectivity index (χ0v) is 14.3. The Hall–Kier alpha value is -1.31. The third kappa shape index (κ3) is 2.28. The van der Waals surface area contributed by atoms with E-state index in [1.807, 2.05) is 12.3 Å². The summed E-state index contributed by atoms with van der Waals surface area (Å²) in [5.41, 5.74) is 2.86. The maximum absolute atomic E-state index is 12.3. The second-order valence-corrected chi connectivity index (χ2v) is 8.03. The van der Waals surface area contributed by atoms with Crippen LogP contribution < -0.4 is 0 Å².